The lowest BCUT2D eigenvalue weighted by molar-refractivity contribution is -0.154. The topological polar surface area (TPSA) is 95.9 Å². The number of ether oxygens (including phenoxy) is 1. The average molecular weight is 352 g/mol. The van der Waals surface area contributed by atoms with Crippen LogP contribution in [0, 0.1) is 11.7 Å². The van der Waals surface area contributed by atoms with Crippen LogP contribution >= 0.6 is 0 Å². The fourth-order valence-corrected chi connectivity index (χ4v) is 3.02. The summed E-state index contributed by atoms with van der Waals surface area (Å²) in [7, 11) is 2.84. The SMILES string of the molecule is CNC(=O)[C@H]1CC[C@@H](C(=O)O)N(C(=O)Cc2ccc(OC)c(F)c2)C1. The zero-order valence-electron chi connectivity index (χ0n) is 14.1. The van der Waals surface area contributed by atoms with Gasteiger partial charge in [0.2, 0.25) is 11.8 Å². The summed E-state index contributed by atoms with van der Waals surface area (Å²) in [5, 5.41) is 11.9. The summed E-state index contributed by atoms with van der Waals surface area (Å²) >= 11 is 0. The van der Waals surface area contributed by atoms with Gasteiger partial charge in [0.15, 0.2) is 11.6 Å². The molecule has 0 spiro atoms. The maximum absolute atomic E-state index is 13.8. The largest absolute Gasteiger partial charge is 0.494 e. The number of nitrogens with one attached hydrogen (secondary N) is 1. The van der Waals surface area contributed by atoms with Crippen LogP contribution in [0.4, 0.5) is 4.39 Å². The summed E-state index contributed by atoms with van der Waals surface area (Å²) in [6.07, 6.45) is 0.457. The molecular formula is C17H21FN2O5. The molecule has 2 N–H and O–H groups in total. The maximum atomic E-state index is 13.8. The highest BCUT2D eigenvalue weighted by Crippen LogP contribution is 2.24. The van der Waals surface area contributed by atoms with E-state index in [9.17, 15) is 23.9 Å². The van der Waals surface area contributed by atoms with Crippen LogP contribution in [0.25, 0.3) is 0 Å². The highest BCUT2D eigenvalue weighted by molar-refractivity contribution is 5.87. The maximum Gasteiger partial charge on any atom is 0.326 e. The third kappa shape index (κ3) is 4.26. The van der Waals surface area contributed by atoms with Crippen LogP contribution < -0.4 is 10.1 Å². The molecule has 1 fully saturated rings. The van der Waals surface area contributed by atoms with E-state index in [-0.39, 0.29) is 31.0 Å². The first-order valence-electron chi connectivity index (χ1n) is 7.93. The molecular weight excluding hydrogens is 331 g/mol. The number of amides is 2. The molecule has 136 valence electrons. The number of likely N-dealkylation sites (tertiary alicyclic amines) is 1. The van der Waals surface area contributed by atoms with Crippen molar-refractivity contribution >= 4 is 17.8 Å². The van der Waals surface area contributed by atoms with Crippen molar-refractivity contribution < 1.29 is 28.6 Å². The van der Waals surface area contributed by atoms with Gasteiger partial charge in [0.25, 0.3) is 0 Å². The Bertz CT molecular complexity index is 679. The number of aliphatic carboxylic acids is 1. The number of nitrogens with zero attached hydrogens (tertiary/aromatic N) is 1. The molecule has 2 rings (SSSR count). The van der Waals surface area contributed by atoms with Crippen molar-refractivity contribution in [2.75, 3.05) is 20.7 Å². The first-order chi connectivity index (χ1) is 11.9. The standard InChI is InChI=1S/C17H21FN2O5/c1-19-16(22)11-4-5-13(17(23)24)20(9-11)15(21)8-10-3-6-14(25-2)12(18)7-10/h3,6-7,11,13H,4-5,8-9H2,1-2H3,(H,19,22)(H,23,24)/t11-,13-/m0/s1. The van der Waals surface area contributed by atoms with E-state index >= 15 is 0 Å². The molecule has 1 saturated heterocycles. The second kappa shape index (κ2) is 7.96. The van der Waals surface area contributed by atoms with Crippen molar-refractivity contribution in [2.45, 2.75) is 25.3 Å². The normalized spacial score (nSPS) is 20.0. The van der Waals surface area contributed by atoms with Gasteiger partial charge in [0.05, 0.1) is 19.4 Å². The molecule has 0 radical (unpaired) electrons. The summed E-state index contributed by atoms with van der Waals surface area (Å²) in [4.78, 5) is 37.0. The molecule has 2 atom stereocenters. The minimum absolute atomic E-state index is 0.0358. The lowest BCUT2D eigenvalue weighted by Crippen LogP contribution is -2.53. The van der Waals surface area contributed by atoms with E-state index in [1.807, 2.05) is 0 Å². The monoisotopic (exact) mass is 352 g/mol. The van der Waals surface area contributed by atoms with E-state index in [4.69, 9.17) is 4.74 Å². The Morgan fingerprint density at radius 2 is 2.08 bits per heavy atom. The molecule has 0 saturated carbocycles. The molecule has 0 bridgehead atoms. The van der Waals surface area contributed by atoms with Gasteiger partial charge in [0, 0.05) is 13.6 Å². The molecule has 0 unspecified atom stereocenters. The highest BCUT2D eigenvalue weighted by Gasteiger charge is 2.38. The Balaban J connectivity index is 2.16. The number of carboxylic acids is 1. The third-order valence-electron chi connectivity index (χ3n) is 4.38. The van der Waals surface area contributed by atoms with E-state index in [0.717, 1.165) is 0 Å². The lowest BCUT2D eigenvalue weighted by Gasteiger charge is -2.36. The Morgan fingerprint density at radius 1 is 1.36 bits per heavy atom. The van der Waals surface area contributed by atoms with E-state index in [2.05, 4.69) is 5.32 Å². The second-order valence-electron chi connectivity index (χ2n) is 5.93. The number of halogens is 1. The van der Waals surface area contributed by atoms with Crippen LogP contribution in [-0.2, 0) is 20.8 Å². The van der Waals surface area contributed by atoms with Crippen LogP contribution in [0.2, 0.25) is 0 Å². The number of hydrogen-bond donors (Lipinski definition) is 2. The van der Waals surface area contributed by atoms with Crippen LogP contribution in [0.1, 0.15) is 18.4 Å². The van der Waals surface area contributed by atoms with E-state index in [0.29, 0.717) is 12.0 Å². The first kappa shape index (κ1) is 18.7. The smallest absolute Gasteiger partial charge is 0.326 e. The van der Waals surface area contributed by atoms with Crippen LogP contribution in [0.3, 0.4) is 0 Å². The quantitative estimate of drug-likeness (QED) is 0.818. The molecule has 8 heteroatoms. The Kier molecular flexibility index (Phi) is 5.95. The number of rotatable bonds is 5. The first-order valence-corrected chi connectivity index (χ1v) is 7.93. The number of hydrogen-bond acceptors (Lipinski definition) is 4. The number of benzene rings is 1. The van der Waals surface area contributed by atoms with Gasteiger partial charge in [-0.1, -0.05) is 6.07 Å². The zero-order chi connectivity index (χ0) is 18.6. The molecule has 1 aliphatic heterocycles. The Hall–Kier alpha value is -2.64. The fourth-order valence-electron chi connectivity index (χ4n) is 3.02. The predicted molar refractivity (Wildman–Crippen MR) is 86.6 cm³/mol. The summed E-state index contributed by atoms with van der Waals surface area (Å²) in [5.74, 6) is -2.76. The minimum atomic E-state index is -1.11. The Labute approximate surface area is 144 Å². The predicted octanol–water partition coefficient (Wildman–Crippen LogP) is 0.815. The van der Waals surface area contributed by atoms with Crippen molar-refractivity contribution in [2.24, 2.45) is 5.92 Å². The average Bonchev–Trinajstić information content (AvgIpc) is 2.60. The minimum Gasteiger partial charge on any atom is -0.494 e. The molecule has 1 aromatic carbocycles. The van der Waals surface area contributed by atoms with Crippen LogP contribution in [-0.4, -0.2) is 54.5 Å². The van der Waals surface area contributed by atoms with E-state index < -0.39 is 29.7 Å². The van der Waals surface area contributed by atoms with Crippen molar-refractivity contribution in [3.05, 3.63) is 29.6 Å². The zero-order valence-corrected chi connectivity index (χ0v) is 14.1. The molecule has 7 nitrogen and oxygen atoms in total. The van der Waals surface area contributed by atoms with Gasteiger partial charge in [-0.05, 0) is 30.5 Å². The number of carbonyl (C=O) groups is 3. The second-order valence-corrected chi connectivity index (χ2v) is 5.93. The number of methoxy groups -OCH3 is 1. The summed E-state index contributed by atoms with van der Waals surface area (Å²) in [5.41, 5.74) is 0.412. The van der Waals surface area contributed by atoms with Crippen molar-refractivity contribution in [3.8, 4) is 5.75 Å². The molecule has 1 heterocycles. The molecule has 2 amide bonds. The van der Waals surface area contributed by atoms with Gasteiger partial charge in [-0.3, -0.25) is 9.59 Å². The van der Waals surface area contributed by atoms with Gasteiger partial charge in [0.1, 0.15) is 6.04 Å². The van der Waals surface area contributed by atoms with Crippen molar-refractivity contribution in [1.29, 1.82) is 0 Å². The number of piperidine rings is 1. The van der Waals surface area contributed by atoms with E-state index in [1.54, 1.807) is 6.07 Å². The van der Waals surface area contributed by atoms with Gasteiger partial charge in [-0.2, -0.15) is 0 Å². The molecule has 25 heavy (non-hydrogen) atoms. The van der Waals surface area contributed by atoms with Crippen LogP contribution in [0.5, 0.6) is 5.75 Å². The third-order valence-corrected chi connectivity index (χ3v) is 4.38. The van der Waals surface area contributed by atoms with Gasteiger partial charge < -0.3 is 20.1 Å². The summed E-state index contributed by atoms with van der Waals surface area (Å²) in [6.45, 7) is 0.0358. The van der Waals surface area contributed by atoms with Crippen molar-refractivity contribution in [1.82, 2.24) is 10.2 Å². The van der Waals surface area contributed by atoms with Crippen molar-refractivity contribution in [3.63, 3.8) is 0 Å². The number of carboxylic acid groups (broad SMARTS) is 1. The summed E-state index contributed by atoms with van der Waals surface area (Å²) in [6, 6.07) is 3.18. The number of carbonyl (C=O) groups excluding carboxylic acids is 2. The van der Waals surface area contributed by atoms with Crippen LogP contribution in [0.15, 0.2) is 18.2 Å². The lowest BCUT2D eigenvalue weighted by atomic mass is 9.91. The van der Waals surface area contributed by atoms with E-state index in [1.165, 1.54) is 31.2 Å². The fraction of sp³-hybridized carbons (Fsp3) is 0.471. The van der Waals surface area contributed by atoms with Gasteiger partial charge >= 0.3 is 5.97 Å². The molecule has 1 aromatic rings. The molecule has 0 aliphatic carbocycles. The highest BCUT2D eigenvalue weighted by atomic mass is 19.1. The molecule has 1 aliphatic rings. The summed E-state index contributed by atoms with van der Waals surface area (Å²) < 4.78 is 18.6. The Morgan fingerprint density at radius 3 is 2.64 bits per heavy atom. The van der Waals surface area contributed by atoms with Gasteiger partial charge in [-0.15, -0.1) is 0 Å². The molecule has 0 aromatic heterocycles. The van der Waals surface area contributed by atoms with Gasteiger partial charge in [-0.25, -0.2) is 9.18 Å².